The van der Waals surface area contributed by atoms with Crippen LogP contribution in [0.15, 0.2) is 36.4 Å². The number of hydrogen-bond donors (Lipinski definition) is 0. The van der Waals surface area contributed by atoms with Crippen molar-refractivity contribution in [3.8, 4) is 17.6 Å². The molecule has 0 saturated carbocycles. The van der Waals surface area contributed by atoms with Gasteiger partial charge in [-0.2, -0.15) is 5.26 Å². The van der Waals surface area contributed by atoms with Gasteiger partial charge in [-0.15, -0.1) is 0 Å². The summed E-state index contributed by atoms with van der Waals surface area (Å²) in [5.74, 6) is 0.480. The molecule has 0 aromatic heterocycles. The van der Waals surface area contributed by atoms with Gasteiger partial charge in [0.2, 0.25) is 5.75 Å². The van der Waals surface area contributed by atoms with Crippen LogP contribution in [0.3, 0.4) is 0 Å². The van der Waals surface area contributed by atoms with Crippen LogP contribution >= 0.6 is 0 Å². The number of para-hydroxylation sites is 1. The molecule has 0 spiro atoms. The van der Waals surface area contributed by atoms with Crippen molar-refractivity contribution >= 4 is 5.69 Å². The van der Waals surface area contributed by atoms with Crippen molar-refractivity contribution < 1.29 is 9.66 Å². The molecule has 0 aliphatic heterocycles. The summed E-state index contributed by atoms with van der Waals surface area (Å²) in [5, 5.41) is 20.1. The predicted octanol–water partition coefficient (Wildman–Crippen LogP) is 3.88. The molecular weight excluding hydrogens is 256 g/mol. The van der Waals surface area contributed by atoms with Gasteiger partial charge in [-0.1, -0.05) is 18.2 Å². The zero-order chi connectivity index (χ0) is 14.7. The van der Waals surface area contributed by atoms with Gasteiger partial charge in [-0.05, 0) is 37.1 Å². The third-order valence-electron chi connectivity index (χ3n) is 2.86. The molecule has 0 aliphatic rings. The Labute approximate surface area is 116 Å². The fraction of sp³-hybridized carbons (Fsp3) is 0.133. The number of nitrogens with zero attached hydrogens (tertiary/aromatic N) is 2. The molecule has 2 rings (SSSR count). The zero-order valence-corrected chi connectivity index (χ0v) is 11.1. The highest BCUT2D eigenvalue weighted by Gasteiger charge is 2.18. The van der Waals surface area contributed by atoms with E-state index >= 15 is 0 Å². The van der Waals surface area contributed by atoms with E-state index in [1.54, 1.807) is 44.2 Å². The topological polar surface area (TPSA) is 76.2 Å². The van der Waals surface area contributed by atoms with Gasteiger partial charge in [0.05, 0.1) is 10.5 Å². The van der Waals surface area contributed by atoms with Crippen molar-refractivity contribution in [2.75, 3.05) is 0 Å². The SMILES string of the molecule is Cc1ccc(Oc2c(C)cccc2C#N)c([N+](=O)[O-])c1. The Kier molecular flexibility index (Phi) is 3.67. The normalized spacial score (nSPS) is 9.85. The van der Waals surface area contributed by atoms with Crippen LogP contribution < -0.4 is 4.74 Å². The summed E-state index contributed by atoms with van der Waals surface area (Å²) in [4.78, 5) is 10.6. The molecule has 0 bridgehead atoms. The lowest BCUT2D eigenvalue weighted by atomic mass is 10.1. The Balaban J connectivity index is 2.51. The summed E-state index contributed by atoms with van der Waals surface area (Å²) >= 11 is 0. The lowest BCUT2D eigenvalue weighted by molar-refractivity contribution is -0.385. The van der Waals surface area contributed by atoms with Crippen molar-refractivity contribution in [3.05, 3.63) is 63.2 Å². The molecule has 0 saturated heterocycles. The lowest BCUT2D eigenvalue weighted by Gasteiger charge is -2.10. The molecule has 2 aromatic rings. The highest BCUT2D eigenvalue weighted by Crippen LogP contribution is 2.35. The van der Waals surface area contributed by atoms with E-state index < -0.39 is 4.92 Å². The number of nitro groups is 1. The Bertz CT molecular complexity index is 718. The van der Waals surface area contributed by atoms with Gasteiger partial charge in [0.15, 0.2) is 0 Å². The quantitative estimate of drug-likeness (QED) is 0.625. The molecule has 0 unspecified atom stereocenters. The molecule has 20 heavy (non-hydrogen) atoms. The first-order valence-corrected chi connectivity index (χ1v) is 5.95. The third kappa shape index (κ3) is 2.59. The average Bonchev–Trinajstić information content (AvgIpc) is 2.42. The van der Waals surface area contributed by atoms with Crippen molar-refractivity contribution in [2.24, 2.45) is 0 Å². The summed E-state index contributed by atoms with van der Waals surface area (Å²) in [6.45, 7) is 3.56. The van der Waals surface area contributed by atoms with Crippen molar-refractivity contribution in [1.82, 2.24) is 0 Å². The second-order valence-corrected chi connectivity index (χ2v) is 4.39. The minimum Gasteiger partial charge on any atom is -0.448 e. The maximum atomic E-state index is 11.1. The molecule has 100 valence electrons. The predicted molar refractivity (Wildman–Crippen MR) is 73.8 cm³/mol. The molecule has 0 radical (unpaired) electrons. The summed E-state index contributed by atoms with van der Waals surface area (Å²) in [5.41, 5.74) is 1.75. The van der Waals surface area contributed by atoms with Crippen LogP contribution in [0.5, 0.6) is 11.5 Å². The first-order chi connectivity index (χ1) is 9.52. The van der Waals surface area contributed by atoms with Gasteiger partial charge < -0.3 is 4.74 Å². The van der Waals surface area contributed by atoms with Gasteiger partial charge in [0.25, 0.3) is 0 Å². The number of hydrogen-bond acceptors (Lipinski definition) is 4. The Morgan fingerprint density at radius 1 is 1.25 bits per heavy atom. The van der Waals surface area contributed by atoms with Gasteiger partial charge in [0, 0.05) is 6.07 Å². The zero-order valence-electron chi connectivity index (χ0n) is 11.1. The van der Waals surface area contributed by atoms with Crippen LogP contribution in [0.25, 0.3) is 0 Å². The number of nitriles is 1. The van der Waals surface area contributed by atoms with E-state index in [9.17, 15) is 10.1 Å². The summed E-state index contributed by atoms with van der Waals surface area (Å²) in [7, 11) is 0. The highest BCUT2D eigenvalue weighted by atomic mass is 16.6. The second kappa shape index (κ2) is 5.41. The van der Waals surface area contributed by atoms with E-state index in [1.165, 1.54) is 6.07 Å². The van der Waals surface area contributed by atoms with E-state index in [0.29, 0.717) is 11.3 Å². The highest BCUT2D eigenvalue weighted by molar-refractivity contribution is 5.55. The first-order valence-electron chi connectivity index (χ1n) is 5.95. The van der Waals surface area contributed by atoms with Gasteiger partial charge in [-0.3, -0.25) is 10.1 Å². The maximum Gasteiger partial charge on any atom is 0.311 e. The molecule has 0 heterocycles. The van der Waals surface area contributed by atoms with Crippen LogP contribution in [0.1, 0.15) is 16.7 Å². The molecule has 0 aliphatic carbocycles. The molecule has 5 heteroatoms. The number of nitro benzene ring substituents is 1. The number of benzene rings is 2. The summed E-state index contributed by atoms with van der Waals surface area (Å²) in [6.07, 6.45) is 0. The minimum atomic E-state index is -0.493. The van der Waals surface area contributed by atoms with Gasteiger partial charge in [0.1, 0.15) is 11.8 Å². The standard InChI is InChI=1S/C15H12N2O3/c1-10-6-7-14(13(8-10)17(18)19)20-15-11(2)4-3-5-12(15)9-16/h3-8H,1-2H3. The van der Waals surface area contributed by atoms with E-state index in [2.05, 4.69) is 0 Å². The van der Waals surface area contributed by atoms with Gasteiger partial charge in [-0.25, -0.2) is 0 Å². The number of aryl methyl sites for hydroxylation is 2. The van der Waals surface area contributed by atoms with Crippen LogP contribution in [-0.2, 0) is 0 Å². The van der Waals surface area contributed by atoms with E-state index in [1.807, 2.05) is 6.07 Å². The van der Waals surface area contributed by atoms with E-state index in [-0.39, 0.29) is 11.4 Å². The monoisotopic (exact) mass is 268 g/mol. The molecule has 0 atom stereocenters. The average molecular weight is 268 g/mol. The van der Waals surface area contributed by atoms with E-state index in [0.717, 1.165) is 11.1 Å². The number of ether oxygens (including phenoxy) is 1. The van der Waals surface area contributed by atoms with Crippen LogP contribution in [0.4, 0.5) is 5.69 Å². The number of rotatable bonds is 3. The van der Waals surface area contributed by atoms with E-state index in [4.69, 9.17) is 10.00 Å². The Morgan fingerprint density at radius 2 is 2.00 bits per heavy atom. The molecular formula is C15H12N2O3. The van der Waals surface area contributed by atoms with Gasteiger partial charge >= 0.3 is 5.69 Å². The van der Waals surface area contributed by atoms with Crippen LogP contribution in [0.2, 0.25) is 0 Å². The first kappa shape index (κ1) is 13.6. The molecule has 0 amide bonds. The summed E-state index contributed by atoms with van der Waals surface area (Å²) < 4.78 is 5.61. The largest absolute Gasteiger partial charge is 0.448 e. The fourth-order valence-electron chi connectivity index (χ4n) is 1.84. The smallest absolute Gasteiger partial charge is 0.311 e. The third-order valence-corrected chi connectivity index (χ3v) is 2.86. The lowest BCUT2D eigenvalue weighted by Crippen LogP contribution is -1.96. The fourth-order valence-corrected chi connectivity index (χ4v) is 1.84. The Morgan fingerprint density at radius 3 is 2.65 bits per heavy atom. The van der Waals surface area contributed by atoms with Crippen LogP contribution in [0, 0.1) is 35.3 Å². The van der Waals surface area contributed by atoms with Crippen LogP contribution in [-0.4, -0.2) is 4.92 Å². The molecule has 5 nitrogen and oxygen atoms in total. The molecule has 0 N–H and O–H groups in total. The molecule has 2 aromatic carbocycles. The Hall–Kier alpha value is -2.87. The second-order valence-electron chi connectivity index (χ2n) is 4.39. The summed E-state index contributed by atoms with van der Waals surface area (Å²) in [6, 6.07) is 11.9. The van der Waals surface area contributed by atoms with Crippen molar-refractivity contribution in [2.45, 2.75) is 13.8 Å². The maximum absolute atomic E-state index is 11.1. The van der Waals surface area contributed by atoms with Crippen molar-refractivity contribution in [3.63, 3.8) is 0 Å². The molecule has 0 fully saturated rings. The minimum absolute atomic E-state index is 0.114. The van der Waals surface area contributed by atoms with Crippen molar-refractivity contribution in [1.29, 1.82) is 5.26 Å².